The number of amides is 1. The number of rotatable bonds is 6. The third-order valence-corrected chi connectivity index (χ3v) is 3.86. The average Bonchev–Trinajstić information content (AvgIpc) is 3.25. The van der Waals surface area contributed by atoms with Crippen LogP contribution < -0.4 is 5.32 Å². The third kappa shape index (κ3) is 3.61. The van der Waals surface area contributed by atoms with Crippen molar-refractivity contribution in [3.05, 3.63) is 40.3 Å². The van der Waals surface area contributed by atoms with E-state index in [1.54, 1.807) is 0 Å². The van der Waals surface area contributed by atoms with Crippen molar-refractivity contribution in [2.24, 2.45) is 0 Å². The Morgan fingerprint density at radius 3 is 2.73 bits per heavy atom. The lowest BCUT2D eigenvalue weighted by Gasteiger charge is -2.03. The maximum atomic E-state index is 11.8. The number of nitrogens with one attached hydrogen (secondary N) is 1. The van der Waals surface area contributed by atoms with Gasteiger partial charge in [-0.25, -0.2) is 0 Å². The summed E-state index contributed by atoms with van der Waals surface area (Å²) in [5.41, 5.74) is 0.478. The van der Waals surface area contributed by atoms with Gasteiger partial charge in [0.1, 0.15) is 0 Å². The van der Waals surface area contributed by atoms with Gasteiger partial charge in [0.25, 0.3) is 10.9 Å². The number of anilines is 1. The van der Waals surface area contributed by atoms with Crippen LogP contribution >= 0.6 is 11.8 Å². The van der Waals surface area contributed by atoms with Crippen molar-refractivity contribution in [1.82, 2.24) is 10.2 Å². The maximum absolute atomic E-state index is 11.8. The molecule has 0 saturated heterocycles. The summed E-state index contributed by atoms with van der Waals surface area (Å²) in [7, 11) is 0. The second-order valence-corrected chi connectivity index (χ2v) is 5.75. The first-order valence-electron chi connectivity index (χ1n) is 6.62. The molecule has 0 radical (unpaired) electrons. The van der Waals surface area contributed by atoms with Crippen LogP contribution in [-0.4, -0.2) is 26.8 Å². The summed E-state index contributed by atoms with van der Waals surface area (Å²) < 4.78 is 5.44. The highest BCUT2D eigenvalue weighted by molar-refractivity contribution is 7.99. The Bertz CT molecular complexity index is 696. The minimum absolute atomic E-state index is 0.0224. The molecule has 1 aromatic heterocycles. The number of hydrogen-bond acceptors (Lipinski definition) is 7. The van der Waals surface area contributed by atoms with Crippen molar-refractivity contribution in [1.29, 1.82) is 0 Å². The molecule has 0 atom stereocenters. The van der Waals surface area contributed by atoms with Crippen LogP contribution in [0.1, 0.15) is 24.7 Å². The number of carbonyl (C=O) groups excluding carboxylic acids is 1. The third-order valence-electron chi connectivity index (χ3n) is 3.04. The number of nitrogens with zero attached hydrogens (tertiary/aromatic N) is 3. The number of non-ortho nitro benzene ring substituents is 1. The molecular weight excluding hydrogens is 308 g/mol. The van der Waals surface area contributed by atoms with Crippen LogP contribution in [0.15, 0.2) is 33.9 Å². The fraction of sp³-hybridized carbons (Fsp3) is 0.308. The molecule has 1 saturated carbocycles. The van der Waals surface area contributed by atoms with Crippen LogP contribution in [0.25, 0.3) is 0 Å². The minimum Gasteiger partial charge on any atom is -0.416 e. The van der Waals surface area contributed by atoms with Crippen LogP contribution in [-0.2, 0) is 4.79 Å². The molecule has 1 fully saturated rings. The van der Waals surface area contributed by atoms with Gasteiger partial charge in [0.2, 0.25) is 11.8 Å². The molecule has 9 heteroatoms. The molecule has 1 amide bonds. The number of hydrogen-bond donors (Lipinski definition) is 1. The van der Waals surface area contributed by atoms with Gasteiger partial charge in [0.15, 0.2) is 0 Å². The first-order chi connectivity index (χ1) is 10.6. The van der Waals surface area contributed by atoms with Crippen LogP contribution in [0.4, 0.5) is 11.4 Å². The summed E-state index contributed by atoms with van der Waals surface area (Å²) in [6.45, 7) is 0. The summed E-state index contributed by atoms with van der Waals surface area (Å²) in [5.74, 6) is 0.905. The van der Waals surface area contributed by atoms with Gasteiger partial charge in [-0.1, -0.05) is 11.8 Å². The van der Waals surface area contributed by atoms with E-state index in [-0.39, 0.29) is 17.3 Å². The molecule has 0 spiro atoms. The zero-order valence-electron chi connectivity index (χ0n) is 11.4. The topological polar surface area (TPSA) is 111 Å². The Hall–Kier alpha value is -2.42. The zero-order chi connectivity index (χ0) is 15.5. The van der Waals surface area contributed by atoms with Crippen molar-refractivity contribution < 1.29 is 14.1 Å². The predicted octanol–water partition coefficient (Wildman–Crippen LogP) is 2.59. The lowest BCUT2D eigenvalue weighted by atomic mass is 10.3. The number of nitro groups is 1. The summed E-state index contributed by atoms with van der Waals surface area (Å²) >= 11 is 1.16. The largest absolute Gasteiger partial charge is 0.416 e. The molecule has 22 heavy (non-hydrogen) atoms. The lowest BCUT2D eigenvalue weighted by molar-refractivity contribution is -0.384. The lowest BCUT2D eigenvalue weighted by Crippen LogP contribution is -2.13. The van der Waals surface area contributed by atoms with Crippen LogP contribution in [0.2, 0.25) is 0 Å². The first-order valence-corrected chi connectivity index (χ1v) is 7.61. The van der Waals surface area contributed by atoms with Crippen molar-refractivity contribution in [3.8, 4) is 0 Å². The summed E-state index contributed by atoms with van der Waals surface area (Å²) in [6, 6.07) is 5.64. The molecule has 1 aliphatic carbocycles. The Morgan fingerprint density at radius 2 is 2.09 bits per heavy atom. The molecule has 0 aliphatic heterocycles. The highest BCUT2D eigenvalue weighted by atomic mass is 32.2. The average molecular weight is 320 g/mol. The number of thioether (sulfide) groups is 1. The van der Waals surface area contributed by atoms with Crippen LogP contribution in [0, 0.1) is 10.1 Å². The molecule has 8 nitrogen and oxygen atoms in total. The van der Waals surface area contributed by atoms with Crippen molar-refractivity contribution in [3.63, 3.8) is 0 Å². The number of benzene rings is 1. The number of carbonyl (C=O) groups is 1. The molecule has 1 aromatic carbocycles. The van der Waals surface area contributed by atoms with Crippen LogP contribution in [0.3, 0.4) is 0 Å². The molecule has 3 rings (SSSR count). The molecule has 1 aliphatic rings. The fourth-order valence-electron chi connectivity index (χ4n) is 1.76. The Labute approximate surface area is 129 Å². The van der Waals surface area contributed by atoms with Crippen molar-refractivity contribution >= 4 is 29.0 Å². The van der Waals surface area contributed by atoms with E-state index in [1.807, 2.05) is 0 Å². The monoisotopic (exact) mass is 320 g/mol. The highest BCUT2D eigenvalue weighted by Crippen LogP contribution is 2.39. The molecule has 0 bridgehead atoms. The maximum Gasteiger partial charge on any atom is 0.277 e. The summed E-state index contributed by atoms with van der Waals surface area (Å²) in [4.78, 5) is 21.9. The van der Waals surface area contributed by atoms with Crippen molar-refractivity contribution in [2.75, 3.05) is 11.1 Å². The van der Waals surface area contributed by atoms with E-state index < -0.39 is 4.92 Å². The van der Waals surface area contributed by atoms with E-state index in [0.29, 0.717) is 22.7 Å². The Balaban J connectivity index is 1.49. The normalized spacial score (nSPS) is 13.8. The Kier molecular flexibility index (Phi) is 4.05. The minimum atomic E-state index is -0.492. The highest BCUT2D eigenvalue weighted by Gasteiger charge is 2.29. The quantitative estimate of drug-likeness (QED) is 0.494. The van der Waals surface area contributed by atoms with E-state index >= 15 is 0 Å². The smallest absolute Gasteiger partial charge is 0.277 e. The van der Waals surface area contributed by atoms with Gasteiger partial charge in [0, 0.05) is 23.7 Å². The van der Waals surface area contributed by atoms with Gasteiger partial charge >= 0.3 is 0 Å². The summed E-state index contributed by atoms with van der Waals surface area (Å²) in [5, 5.41) is 21.4. The van der Waals surface area contributed by atoms with Gasteiger partial charge in [-0.3, -0.25) is 14.9 Å². The second kappa shape index (κ2) is 6.14. The summed E-state index contributed by atoms with van der Waals surface area (Å²) in [6.07, 6.45) is 2.15. The Morgan fingerprint density at radius 1 is 1.36 bits per heavy atom. The second-order valence-electron chi connectivity index (χ2n) is 4.82. The van der Waals surface area contributed by atoms with E-state index in [1.165, 1.54) is 24.3 Å². The van der Waals surface area contributed by atoms with E-state index in [0.717, 1.165) is 24.6 Å². The molecule has 2 aromatic rings. The van der Waals surface area contributed by atoms with Gasteiger partial charge in [-0.05, 0) is 25.0 Å². The number of nitro benzene ring substituents is 1. The van der Waals surface area contributed by atoms with E-state index in [2.05, 4.69) is 15.5 Å². The van der Waals surface area contributed by atoms with Gasteiger partial charge < -0.3 is 9.73 Å². The first kappa shape index (κ1) is 14.5. The van der Waals surface area contributed by atoms with Gasteiger partial charge in [-0.2, -0.15) is 0 Å². The van der Waals surface area contributed by atoms with Gasteiger partial charge in [-0.15, -0.1) is 10.2 Å². The molecule has 0 unspecified atom stereocenters. The SMILES string of the molecule is O=C(CSc1nnc(C2CC2)o1)Nc1ccc([N+](=O)[O-])cc1. The van der Waals surface area contributed by atoms with E-state index in [4.69, 9.17) is 4.42 Å². The predicted molar refractivity (Wildman–Crippen MR) is 78.7 cm³/mol. The zero-order valence-corrected chi connectivity index (χ0v) is 12.2. The van der Waals surface area contributed by atoms with E-state index in [9.17, 15) is 14.9 Å². The molecular formula is C13H12N4O4S. The molecule has 114 valence electrons. The molecule has 1 N–H and O–H groups in total. The number of aromatic nitrogens is 2. The van der Waals surface area contributed by atoms with Crippen molar-refractivity contribution in [2.45, 2.75) is 24.0 Å². The van der Waals surface area contributed by atoms with Gasteiger partial charge in [0.05, 0.1) is 10.7 Å². The van der Waals surface area contributed by atoms with Crippen LogP contribution in [0.5, 0.6) is 0 Å². The standard InChI is InChI=1S/C13H12N4O4S/c18-11(14-9-3-5-10(6-4-9)17(19)20)7-22-13-16-15-12(21-13)8-1-2-8/h3-6,8H,1-2,7H2,(H,14,18). The molecule has 1 heterocycles. The fourth-order valence-corrected chi connectivity index (χ4v) is 2.33.